The number of carbonyl (C=O) groups is 1. The van der Waals surface area contributed by atoms with Gasteiger partial charge in [-0.15, -0.1) is 0 Å². The number of ketones is 1. The van der Waals surface area contributed by atoms with Crippen LogP contribution in [-0.2, 0) is 20.1 Å². The van der Waals surface area contributed by atoms with Crippen LogP contribution in [0.3, 0.4) is 0 Å². The monoisotopic (exact) mass is 258 g/mol. The highest BCUT2D eigenvalue weighted by atomic mass is 16.5. The van der Waals surface area contributed by atoms with E-state index in [2.05, 4.69) is 12.0 Å². The van der Waals surface area contributed by atoms with E-state index < -0.39 is 0 Å². The number of Topliss-reactive ketones (excluding diaryl/α,β-unsaturated/α-hetero) is 1. The third-order valence-electron chi connectivity index (χ3n) is 3.03. The quantitative estimate of drug-likeness (QED) is 0.775. The average molecular weight is 258 g/mol. The van der Waals surface area contributed by atoms with Crippen LogP contribution < -0.4 is 4.74 Å². The van der Waals surface area contributed by atoms with E-state index in [1.807, 2.05) is 36.0 Å². The van der Waals surface area contributed by atoms with Gasteiger partial charge in [0.15, 0.2) is 5.78 Å². The molecule has 0 unspecified atom stereocenters. The van der Waals surface area contributed by atoms with E-state index in [0.717, 1.165) is 17.8 Å². The minimum atomic E-state index is 0.00912. The van der Waals surface area contributed by atoms with Gasteiger partial charge in [0.05, 0.1) is 17.0 Å². The second-order valence-electron chi connectivity index (χ2n) is 4.45. The first kappa shape index (κ1) is 13.3. The molecular weight excluding hydrogens is 240 g/mol. The van der Waals surface area contributed by atoms with Gasteiger partial charge >= 0.3 is 0 Å². The molecule has 2 aromatic rings. The van der Waals surface area contributed by atoms with E-state index >= 15 is 0 Å². The van der Waals surface area contributed by atoms with Crippen LogP contribution in [0.1, 0.15) is 35.6 Å². The number of rotatable bonds is 5. The summed E-state index contributed by atoms with van der Waals surface area (Å²) in [6, 6.07) is 9.31. The van der Waals surface area contributed by atoms with Crippen LogP contribution in [0.4, 0.5) is 0 Å². The predicted octanol–water partition coefficient (Wildman–Crippen LogP) is 2.76. The minimum Gasteiger partial charge on any atom is -0.487 e. The normalized spacial score (nSPS) is 10.5. The molecule has 0 amide bonds. The second-order valence-corrected chi connectivity index (χ2v) is 4.45. The van der Waals surface area contributed by atoms with Gasteiger partial charge in [0.2, 0.25) is 0 Å². The maximum absolute atomic E-state index is 11.5. The SMILES string of the molecule is CCc1cc(COc2ccccc2C(C)=O)n(C)n1. The van der Waals surface area contributed by atoms with Crippen molar-refractivity contribution < 1.29 is 9.53 Å². The maximum Gasteiger partial charge on any atom is 0.163 e. The number of para-hydroxylation sites is 1. The molecule has 0 N–H and O–H groups in total. The Hall–Kier alpha value is -2.10. The Labute approximate surface area is 113 Å². The first-order chi connectivity index (χ1) is 9.11. The van der Waals surface area contributed by atoms with Crippen LogP contribution in [0.15, 0.2) is 30.3 Å². The van der Waals surface area contributed by atoms with Gasteiger partial charge in [-0.05, 0) is 31.5 Å². The molecule has 0 aliphatic heterocycles. The van der Waals surface area contributed by atoms with Gasteiger partial charge in [0.25, 0.3) is 0 Å². The Morgan fingerprint density at radius 1 is 1.37 bits per heavy atom. The molecule has 1 aromatic carbocycles. The Morgan fingerprint density at radius 3 is 2.74 bits per heavy atom. The molecule has 0 bridgehead atoms. The summed E-state index contributed by atoms with van der Waals surface area (Å²) in [6.07, 6.45) is 0.901. The highest BCUT2D eigenvalue weighted by Gasteiger charge is 2.09. The molecule has 4 nitrogen and oxygen atoms in total. The third kappa shape index (κ3) is 3.02. The number of hydrogen-bond donors (Lipinski definition) is 0. The molecular formula is C15H18N2O2. The van der Waals surface area contributed by atoms with Gasteiger partial charge in [0.1, 0.15) is 12.4 Å². The van der Waals surface area contributed by atoms with Crippen molar-refractivity contribution >= 4 is 5.78 Å². The van der Waals surface area contributed by atoms with Gasteiger partial charge < -0.3 is 4.74 Å². The average Bonchev–Trinajstić information content (AvgIpc) is 2.77. The number of nitrogens with zero attached hydrogens (tertiary/aromatic N) is 2. The summed E-state index contributed by atoms with van der Waals surface area (Å²) >= 11 is 0. The van der Waals surface area contributed by atoms with Gasteiger partial charge in [-0.25, -0.2) is 0 Å². The molecule has 1 heterocycles. The topological polar surface area (TPSA) is 44.1 Å². The zero-order valence-electron chi connectivity index (χ0n) is 11.5. The minimum absolute atomic E-state index is 0.00912. The van der Waals surface area contributed by atoms with Crippen molar-refractivity contribution in [3.63, 3.8) is 0 Å². The highest BCUT2D eigenvalue weighted by molar-refractivity contribution is 5.96. The lowest BCUT2D eigenvalue weighted by Crippen LogP contribution is -2.05. The summed E-state index contributed by atoms with van der Waals surface area (Å²) in [5.74, 6) is 0.629. The smallest absolute Gasteiger partial charge is 0.163 e. The van der Waals surface area contributed by atoms with Crippen molar-refractivity contribution in [1.82, 2.24) is 9.78 Å². The van der Waals surface area contributed by atoms with Crippen molar-refractivity contribution in [2.75, 3.05) is 0 Å². The van der Waals surface area contributed by atoms with Crippen molar-refractivity contribution in [3.8, 4) is 5.75 Å². The fourth-order valence-corrected chi connectivity index (χ4v) is 1.91. The molecule has 4 heteroatoms. The second kappa shape index (κ2) is 5.69. The van der Waals surface area contributed by atoms with Gasteiger partial charge in [0, 0.05) is 7.05 Å². The molecule has 0 fully saturated rings. The largest absolute Gasteiger partial charge is 0.487 e. The van der Waals surface area contributed by atoms with E-state index in [-0.39, 0.29) is 5.78 Å². The molecule has 0 spiro atoms. The lowest BCUT2D eigenvalue weighted by molar-refractivity contribution is 0.101. The standard InChI is InChI=1S/C15H18N2O2/c1-4-12-9-13(17(3)16-12)10-19-15-8-6-5-7-14(15)11(2)18/h5-9H,4,10H2,1-3H3. The number of ether oxygens (including phenoxy) is 1. The molecule has 0 saturated heterocycles. The first-order valence-electron chi connectivity index (χ1n) is 6.36. The maximum atomic E-state index is 11.5. The molecule has 2 rings (SSSR count). The molecule has 0 saturated carbocycles. The van der Waals surface area contributed by atoms with E-state index in [9.17, 15) is 4.79 Å². The van der Waals surface area contributed by atoms with Crippen LogP contribution in [0.25, 0.3) is 0 Å². The lowest BCUT2D eigenvalue weighted by Gasteiger charge is -2.09. The zero-order chi connectivity index (χ0) is 13.8. The number of carbonyl (C=O) groups excluding carboxylic acids is 1. The summed E-state index contributed by atoms with van der Waals surface area (Å²) in [5, 5.41) is 4.37. The highest BCUT2D eigenvalue weighted by Crippen LogP contribution is 2.19. The first-order valence-corrected chi connectivity index (χ1v) is 6.36. The van der Waals surface area contributed by atoms with Crippen LogP contribution in [0.2, 0.25) is 0 Å². The predicted molar refractivity (Wildman–Crippen MR) is 73.4 cm³/mol. The van der Waals surface area contributed by atoms with E-state index in [1.165, 1.54) is 0 Å². The Morgan fingerprint density at radius 2 is 2.11 bits per heavy atom. The summed E-state index contributed by atoms with van der Waals surface area (Å²) < 4.78 is 7.56. The van der Waals surface area contributed by atoms with E-state index in [0.29, 0.717) is 17.9 Å². The molecule has 0 aliphatic rings. The third-order valence-corrected chi connectivity index (χ3v) is 3.03. The van der Waals surface area contributed by atoms with Crippen molar-refractivity contribution in [2.24, 2.45) is 7.05 Å². The van der Waals surface area contributed by atoms with Crippen LogP contribution in [0.5, 0.6) is 5.75 Å². The number of benzene rings is 1. The fraction of sp³-hybridized carbons (Fsp3) is 0.333. The molecule has 0 atom stereocenters. The Balaban J connectivity index is 2.14. The number of hydrogen-bond acceptors (Lipinski definition) is 3. The van der Waals surface area contributed by atoms with Crippen molar-refractivity contribution in [1.29, 1.82) is 0 Å². The Kier molecular flexibility index (Phi) is 4.00. The molecule has 0 radical (unpaired) electrons. The number of aryl methyl sites for hydroxylation is 2. The fourth-order valence-electron chi connectivity index (χ4n) is 1.91. The molecule has 1 aromatic heterocycles. The summed E-state index contributed by atoms with van der Waals surface area (Å²) in [5.41, 5.74) is 2.65. The van der Waals surface area contributed by atoms with Gasteiger partial charge in [-0.3, -0.25) is 9.48 Å². The summed E-state index contributed by atoms with van der Waals surface area (Å²) in [6.45, 7) is 4.02. The lowest BCUT2D eigenvalue weighted by atomic mass is 10.1. The van der Waals surface area contributed by atoms with E-state index in [1.54, 1.807) is 13.0 Å². The summed E-state index contributed by atoms with van der Waals surface area (Å²) in [4.78, 5) is 11.5. The zero-order valence-corrected chi connectivity index (χ0v) is 11.5. The van der Waals surface area contributed by atoms with Crippen LogP contribution in [-0.4, -0.2) is 15.6 Å². The van der Waals surface area contributed by atoms with Gasteiger partial charge in [-0.1, -0.05) is 19.1 Å². The van der Waals surface area contributed by atoms with Crippen LogP contribution in [0, 0.1) is 0 Å². The molecule has 0 aliphatic carbocycles. The van der Waals surface area contributed by atoms with Gasteiger partial charge in [-0.2, -0.15) is 5.10 Å². The Bertz CT molecular complexity index is 588. The van der Waals surface area contributed by atoms with E-state index in [4.69, 9.17) is 4.74 Å². The molecule has 19 heavy (non-hydrogen) atoms. The summed E-state index contributed by atoms with van der Waals surface area (Å²) in [7, 11) is 1.90. The molecule has 100 valence electrons. The van der Waals surface area contributed by atoms with Crippen molar-refractivity contribution in [3.05, 3.63) is 47.3 Å². The van der Waals surface area contributed by atoms with Crippen LogP contribution >= 0.6 is 0 Å². The van der Waals surface area contributed by atoms with Crippen molar-refractivity contribution in [2.45, 2.75) is 26.9 Å². The number of aromatic nitrogens is 2.